The molecular weight excluding hydrogens is 243 g/mol. The molecule has 6 heteroatoms. The minimum atomic E-state index is -4.28. The highest BCUT2D eigenvalue weighted by Gasteiger charge is 2.13. The van der Waals surface area contributed by atoms with Crippen LogP contribution in [0.2, 0.25) is 0 Å². The van der Waals surface area contributed by atoms with Crippen molar-refractivity contribution >= 4 is 7.82 Å². The SMILES string of the molecule is CC(CCCCCCO)CCCOP(=O)(O)O. The van der Waals surface area contributed by atoms with Crippen LogP contribution < -0.4 is 0 Å². The van der Waals surface area contributed by atoms with Gasteiger partial charge >= 0.3 is 7.82 Å². The van der Waals surface area contributed by atoms with Gasteiger partial charge in [0.25, 0.3) is 0 Å². The highest BCUT2D eigenvalue weighted by molar-refractivity contribution is 7.46. The summed E-state index contributed by atoms with van der Waals surface area (Å²) in [5.41, 5.74) is 0. The minimum Gasteiger partial charge on any atom is -0.396 e. The second-order valence-electron chi connectivity index (χ2n) is 4.50. The van der Waals surface area contributed by atoms with Gasteiger partial charge in [-0.15, -0.1) is 0 Å². The molecule has 3 N–H and O–H groups in total. The fourth-order valence-corrected chi connectivity index (χ4v) is 2.08. The second-order valence-corrected chi connectivity index (χ2v) is 5.74. The first-order valence-electron chi connectivity index (χ1n) is 6.26. The van der Waals surface area contributed by atoms with Gasteiger partial charge in [-0.1, -0.05) is 32.6 Å². The molecule has 0 rings (SSSR count). The van der Waals surface area contributed by atoms with Gasteiger partial charge in [0.15, 0.2) is 0 Å². The number of rotatable bonds is 11. The lowest BCUT2D eigenvalue weighted by atomic mass is 9.98. The van der Waals surface area contributed by atoms with Crippen LogP contribution in [0.25, 0.3) is 0 Å². The van der Waals surface area contributed by atoms with Crippen molar-refractivity contribution in [2.24, 2.45) is 5.92 Å². The quantitative estimate of drug-likeness (QED) is 0.396. The summed E-state index contributed by atoms with van der Waals surface area (Å²) < 4.78 is 14.8. The van der Waals surface area contributed by atoms with E-state index < -0.39 is 7.82 Å². The van der Waals surface area contributed by atoms with Crippen LogP contribution in [0.15, 0.2) is 0 Å². The minimum absolute atomic E-state index is 0.124. The molecule has 0 aliphatic heterocycles. The Hall–Kier alpha value is 0.0700. The highest BCUT2D eigenvalue weighted by Crippen LogP contribution is 2.35. The van der Waals surface area contributed by atoms with E-state index in [0.29, 0.717) is 12.3 Å². The molecule has 0 fully saturated rings. The first-order chi connectivity index (χ1) is 7.95. The van der Waals surface area contributed by atoms with Gasteiger partial charge in [0.05, 0.1) is 6.61 Å². The summed E-state index contributed by atoms with van der Waals surface area (Å²) in [4.78, 5) is 17.0. The summed E-state index contributed by atoms with van der Waals surface area (Å²) >= 11 is 0. The summed E-state index contributed by atoms with van der Waals surface area (Å²) in [6.45, 7) is 2.54. The number of hydrogen-bond acceptors (Lipinski definition) is 3. The van der Waals surface area contributed by atoms with Gasteiger partial charge in [-0.2, -0.15) is 0 Å². The molecule has 0 amide bonds. The van der Waals surface area contributed by atoms with E-state index >= 15 is 0 Å². The maximum absolute atomic E-state index is 10.4. The Balaban J connectivity index is 3.29. The number of aliphatic hydroxyl groups is 1. The van der Waals surface area contributed by atoms with E-state index in [-0.39, 0.29) is 13.2 Å². The molecule has 1 unspecified atom stereocenters. The van der Waals surface area contributed by atoms with Crippen LogP contribution >= 0.6 is 7.82 Å². The maximum Gasteiger partial charge on any atom is 0.469 e. The highest BCUT2D eigenvalue weighted by atomic mass is 31.2. The summed E-state index contributed by atoms with van der Waals surface area (Å²) in [7, 11) is -4.28. The van der Waals surface area contributed by atoms with Gasteiger partial charge in [-0.3, -0.25) is 4.52 Å². The van der Waals surface area contributed by atoms with Gasteiger partial charge in [-0.05, 0) is 25.2 Å². The van der Waals surface area contributed by atoms with E-state index in [1.807, 2.05) is 0 Å². The molecule has 0 spiro atoms. The lowest BCUT2D eigenvalue weighted by Gasteiger charge is -2.11. The number of phosphoric ester groups is 1. The lowest BCUT2D eigenvalue weighted by Crippen LogP contribution is -1.99. The molecule has 0 aliphatic rings. The van der Waals surface area contributed by atoms with Gasteiger partial charge in [0.2, 0.25) is 0 Å². The van der Waals surface area contributed by atoms with E-state index in [0.717, 1.165) is 38.5 Å². The third-order valence-electron chi connectivity index (χ3n) is 2.71. The molecule has 17 heavy (non-hydrogen) atoms. The van der Waals surface area contributed by atoms with Crippen molar-refractivity contribution in [1.82, 2.24) is 0 Å². The van der Waals surface area contributed by atoms with Crippen molar-refractivity contribution in [2.75, 3.05) is 13.2 Å². The summed E-state index contributed by atoms with van der Waals surface area (Å²) in [6.07, 6.45) is 6.99. The van der Waals surface area contributed by atoms with E-state index in [1.165, 1.54) is 0 Å². The standard InChI is InChI=1S/C11H25O5P/c1-11(7-4-2-3-5-9-12)8-6-10-16-17(13,14)15/h11-12H,2-10H2,1H3,(H2,13,14,15). The monoisotopic (exact) mass is 268 g/mol. The average molecular weight is 268 g/mol. The molecule has 0 bridgehead atoms. The maximum atomic E-state index is 10.4. The number of unbranched alkanes of at least 4 members (excludes halogenated alkanes) is 3. The normalized spacial score (nSPS) is 13.9. The van der Waals surface area contributed by atoms with Crippen LogP contribution in [-0.2, 0) is 9.09 Å². The molecule has 0 aromatic heterocycles. The molecule has 104 valence electrons. The third-order valence-corrected chi connectivity index (χ3v) is 3.22. The molecule has 0 saturated carbocycles. The summed E-state index contributed by atoms with van der Waals surface area (Å²) in [5, 5.41) is 8.61. The number of hydrogen-bond donors (Lipinski definition) is 3. The van der Waals surface area contributed by atoms with Gasteiger partial charge in [0, 0.05) is 6.61 Å². The van der Waals surface area contributed by atoms with Crippen LogP contribution in [0.4, 0.5) is 0 Å². The zero-order valence-electron chi connectivity index (χ0n) is 10.5. The van der Waals surface area contributed by atoms with Crippen molar-refractivity contribution in [3.05, 3.63) is 0 Å². The average Bonchev–Trinajstić information content (AvgIpc) is 2.23. The Morgan fingerprint density at radius 2 is 1.65 bits per heavy atom. The molecule has 0 aliphatic carbocycles. The lowest BCUT2D eigenvalue weighted by molar-refractivity contribution is 0.190. The zero-order chi connectivity index (χ0) is 13.1. The van der Waals surface area contributed by atoms with Gasteiger partial charge < -0.3 is 14.9 Å². The Labute approximate surface area is 103 Å². The van der Waals surface area contributed by atoms with Crippen molar-refractivity contribution in [2.45, 2.75) is 51.9 Å². The predicted octanol–water partition coefficient (Wildman–Crippen LogP) is 2.45. The van der Waals surface area contributed by atoms with Crippen molar-refractivity contribution < 1.29 is 24.0 Å². The van der Waals surface area contributed by atoms with Crippen molar-refractivity contribution in [3.8, 4) is 0 Å². The first-order valence-corrected chi connectivity index (χ1v) is 7.79. The molecule has 0 aromatic carbocycles. The largest absolute Gasteiger partial charge is 0.469 e. The first kappa shape index (κ1) is 17.1. The number of phosphoric acid groups is 1. The zero-order valence-corrected chi connectivity index (χ0v) is 11.4. The molecular formula is C11H25O5P. The second kappa shape index (κ2) is 10.0. The Bertz CT molecular complexity index is 216. The molecule has 5 nitrogen and oxygen atoms in total. The van der Waals surface area contributed by atoms with Crippen molar-refractivity contribution in [1.29, 1.82) is 0 Å². The fourth-order valence-electron chi connectivity index (χ4n) is 1.72. The molecule has 0 saturated heterocycles. The third kappa shape index (κ3) is 14.0. The smallest absolute Gasteiger partial charge is 0.396 e. The summed E-state index contributed by atoms with van der Waals surface area (Å²) in [5.74, 6) is 0.560. The topological polar surface area (TPSA) is 87.0 Å². The van der Waals surface area contributed by atoms with Crippen molar-refractivity contribution in [3.63, 3.8) is 0 Å². The Morgan fingerprint density at radius 3 is 2.24 bits per heavy atom. The number of aliphatic hydroxyl groups excluding tert-OH is 1. The van der Waals surface area contributed by atoms with Crippen LogP contribution in [0.3, 0.4) is 0 Å². The molecule has 0 radical (unpaired) electrons. The molecule has 0 heterocycles. The van der Waals surface area contributed by atoms with Crippen LogP contribution in [-0.4, -0.2) is 28.1 Å². The van der Waals surface area contributed by atoms with E-state index in [4.69, 9.17) is 14.9 Å². The van der Waals surface area contributed by atoms with Gasteiger partial charge in [-0.25, -0.2) is 4.57 Å². The predicted molar refractivity (Wildman–Crippen MR) is 66.6 cm³/mol. The summed E-state index contributed by atoms with van der Waals surface area (Å²) in [6, 6.07) is 0. The van der Waals surface area contributed by atoms with E-state index in [9.17, 15) is 4.57 Å². The molecule has 0 aromatic rings. The fraction of sp³-hybridized carbons (Fsp3) is 1.00. The van der Waals surface area contributed by atoms with Gasteiger partial charge in [0.1, 0.15) is 0 Å². The van der Waals surface area contributed by atoms with E-state index in [2.05, 4.69) is 11.4 Å². The Morgan fingerprint density at radius 1 is 1.06 bits per heavy atom. The van der Waals surface area contributed by atoms with E-state index in [1.54, 1.807) is 0 Å². The van der Waals surface area contributed by atoms with Crippen LogP contribution in [0.1, 0.15) is 51.9 Å². The van der Waals surface area contributed by atoms with Crippen LogP contribution in [0, 0.1) is 5.92 Å². The van der Waals surface area contributed by atoms with Crippen LogP contribution in [0.5, 0.6) is 0 Å². The Kier molecular flexibility index (Phi) is 10.1. The molecule has 1 atom stereocenters.